The summed E-state index contributed by atoms with van der Waals surface area (Å²) in [6.45, 7) is 7.81. The van der Waals surface area contributed by atoms with Crippen LogP contribution in [0.25, 0.3) is 0 Å². The van der Waals surface area contributed by atoms with Crippen molar-refractivity contribution < 1.29 is 19.4 Å². The molecule has 0 fully saturated rings. The molecular formula is C26H24N2O4S. The van der Waals surface area contributed by atoms with Crippen LogP contribution in [0, 0.1) is 13.8 Å². The number of amides is 1. The van der Waals surface area contributed by atoms with Crippen molar-refractivity contribution in [1.29, 1.82) is 0 Å². The van der Waals surface area contributed by atoms with Crippen LogP contribution in [0.5, 0.6) is 5.75 Å². The molecule has 2 aromatic carbocycles. The van der Waals surface area contributed by atoms with Gasteiger partial charge in [0, 0.05) is 6.54 Å². The van der Waals surface area contributed by atoms with E-state index < -0.39 is 17.7 Å². The Labute approximate surface area is 196 Å². The van der Waals surface area contributed by atoms with Crippen molar-refractivity contribution in [2.75, 3.05) is 6.61 Å². The molecule has 168 valence electrons. The lowest BCUT2D eigenvalue weighted by molar-refractivity contribution is -0.130. The molecule has 3 aromatic rings. The smallest absolute Gasteiger partial charge is 0.290 e. The topological polar surface area (TPSA) is 79.7 Å². The number of aliphatic hydroxyl groups excluding tert-OH is 1. The second-order valence-electron chi connectivity index (χ2n) is 7.73. The average molecular weight is 461 g/mol. The van der Waals surface area contributed by atoms with Gasteiger partial charge in [0.05, 0.1) is 27.2 Å². The molecule has 1 aliphatic rings. The van der Waals surface area contributed by atoms with Crippen LogP contribution in [-0.2, 0) is 11.3 Å². The van der Waals surface area contributed by atoms with E-state index in [1.165, 1.54) is 16.2 Å². The van der Waals surface area contributed by atoms with Crippen LogP contribution in [0.2, 0.25) is 0 Å². The van der Waals surface area contributed by atoms with Gasteiger partial charge in [0.1, 0.15) is 12.4 Å². The number of ketones is 1. The number of carbonyl (C=O) groups excluding carboxylic acids is 2. The third-order valence-electron chi connectivity index (χ3n) is 5.40. The number of benzene rings is 2. The Balaban J connectivity index is 1.81. The highest BCUT2D eigenvalue weighted by atomic mass is 32.1. The van der Waals surface area contributed by atoms with Gasteiger partial charge in [-0.1, -0.05) is 55.1 Å². The molecular weight excluding hydrogens is 436 g/mol. The predicted octanol–water partition coefficient (Wildman–Crippen LogP) is 5.10. The molecule has 0 saturated heterocycles. The zero-order valence-electron chi connectivity index (χ0n) is 18.4. The van der Waals surface area contributed by atoms with Gasteiger partial charge in [-0.2, -0.15) is 0 Å². The van der Waals surface area contributed by atoms with Gasteiger partial charge in [0.2, 0.25) is 5.78 Å². The minimum atomic E-state index is -0.765. The first-order valence-corrected chi connectivity index (χ1v) is 11.3. The molecule has 0 spiro atoms. The molecule has 7 heteroatoms. The van der Waals surface area contributed by atoms with Gasteiger partial charge in [-0.3, -0.25) is 9.59 Å². The van der Waals surface area contributed by atoms with Crippen molar-refractivity contribution >= 4 is 23.0 Å². The molecule has 1 N–H and O–H groups in total. The Morgan fingerprint density at radius 1 is 1.21 bits per heavy atom. The Morgan fingerprint density at radius 3 is 2.64 bits per heavy atom. The van der Waals surface area contributed by atoms with Crippen LogP contribution in [0.1, 0.15) is 37.5 Å². The van der Waals surface area contributed by atoms with Gasteiger partial charge in [-0.05, 0) is 37.1 Å². The number of aliphatic hydroxyl groups is 1. The van der Waals surface area contributed by atoms with Crippen LogP contribution in [-0.4, -0.2) is 33.3 Å². The molecule has 1 atom stereocenters. The first-order valence-electron chi connectivity index (χ1n) is 10.5. The van der Waals surface area contributed by atoms with Crippen molar-refractivity contribution in [3.63, 3.8) is 0 Å². The number of aryl methyl sites for hydroxylation is 2. The van der Waals surface area contributed by atoms with Gasteiger partial charge >= 0.3 is 0 Å². The Hall–Kier alpha value is -3.71. The molecule has 1 amide bonds. The minimum absolute atomic E-state index is 0.0588. The van der Waals surface area contributed by atoms with Crippen molar-refractivity contribution in [2.45, 2.75) is 26.4 Å². The van der Waals surface area contributed by atoms with Crippen LogP contribution in [0.3, 0.4) is 0 Å². The predicted molar refractivity (Wildman–Crippen MR) is 127 cm³/mol. The van der Waals surface area contributed by atoms with Gasteiger partial charge in [0.15, 0.2) is 5.76 Å². The van der Waals surface area contributed by atoms with E-state index in [9.17, 15) is 14.7 Å². The Bertz CT molecular complexity index is 1250. The molecule has 0 bridgehead atoms. The lowest BCUT2D eigenvalue weighted by Crippen LogP contribution is -2.30. The third kappa shape index (κ3) is 4.45. The lowest BCUT2D eigenvalue weighted by Gasteiger charge is -2.27. The quantitative estimate of drug-likeness (QED) is 0.374. The molecule has 1 unspecified atom stereocenters. The number of Topliss-reactive ketones (excluding diaryl/α,β-unsaturated/α-hetero) is 1. The summed E-state index contributed by atoms with van der Waals surface area (Å²) in [5, 5.41) is 11.6. The molecule has 6 nitrogen and oxygen atoms in total. The maximum absolute atomic E-state index is 13.6. The summed E-state index contributed by atoms with van der Waals surface area (Å²) in [4.78, 5) is 33.1. The van der Waals surface area contributed by atoms with E-state index in [-0.39, 0.29) is 17.9 Å². The Kier molecular flexibility index (Phi) is 6.42. The monoisotopic (exact) mass is 460 g/mol. The summed E-state index contributed by atoms with van der Waals surface area (Å²) in [5.74, 6) is -0.906. The van der Waals surface area contributed by atoms with E-state index in [0.717, 1.165) is 10.6 Å². The number of hydrogen-bond acceptors (Lipinski definition) is 6. The van der Waals surface area contributed by atoms with Crippen LogP contribution in [0.15, 0.2) is 78.6 Å². The number of rotatable bonds is 8. The second kappa shape index (κ2) is 9.42. The molecule has 1 aliphatic heterocycles. The number of carbonyl (C=O) groups is 2. The summed E-state index contributed by atoms with van der Waals surface area (Å²) >= 11 is 1.26. The summed E-state index contributed by atoms with van der Waals surface area (Å²) in [6.07, 6.45) is 1.64. The van der Waals surface area contributed by atoms with E-state index in [0.29, 0.717) is 28.5 Å². The first kappa shape index (κ1) is 22.5. The van der Waals surface area contributed by atoms with E-state index in [4.69, 9.17) is 4.74 Å². The largest absolute Gasteiger partial charge is 0.503 e. The fraction of sp³-hybridized carbons (Fsp3) is 0.192. The van der Waals surface area contributed by atoms with Crippen molar-refractivity contribution in [3.05, 3.63) is 105 Å². The van der Waals surface area contributed by atoms with Crippen molar-refractivity contribution in [1.82, 2.24) is 9.88 Å². The van der Waals surface area contributed by atoms with Crippen molar-refractivity contribution in [3.8, 4) is 5.75 Å². The van der Waals surface area contributed by atoms with Crippen LogP contribution >= 0.6 is 11.3 Å². The SMILES string of the molecule is C=CCOc1cccc(C2C(C(=O)c3sc(C)nc3C)=C(O)C(=O)N2Cc2ccccc2)c1. The zero-order valence-corrected chi connectivity index (χ0v) is 19.3. The maximum Gasteiger partial charge on any atom is 0.290 e. The highest BCUT2D eigenvalue weighted by Crippen LogP contribution is 2.41. The minimum Gasteiger partial charge on any atom is -0.503 e. The number of aromatic nitrogens is 1. The normalized spacial score (nSPS) is 15.8. The standard InChI is InChI=1S/C26H24N2O4S/c1-4-13-32-20-12-8-11-19(14-20)22-21(23(29)25-16(2)27-17(3)33-25)24(30)26(31)28(22)15-18-9-6-5-7-10-18/h4-12,14,22,30H,1,13,15H2,2-3H3. The van der Waals surface area contributed by atoms with Gasteiger partial charge in [-0.25, -0.2) is 4.98 Å². The van der Waals surface area contributed by atoms with E-state index in [1.54, 1.807) is 31.2 Å². The molecule has 2 heterocycles. The van der Waals surface area contributed by atoms with Crippen LogP contribution in [0.4, 0.5) is 0 Å². The fourth-order valence-electron chi connectivity index (χ4n) is 3.97. The molecule has 0 radical (unpaired) electrons. The second-order valence-corrected chi connectivity index (χ2v) is 8.94. The number of hydrogen-bond donors (Lipinski definition) is 1. The van der Waals surface area contributed by atoms with Crippen LogP contribution < -0.4 is 4.74 Å². The van der Waals surface area contributed by atoms with Gasteiger partial charge in [0.25, 0.3) is 5.91 Å². The van der Waals surface area contributed by atoms with Crippen molar-refractivity contribution in [2.24, 2.45) is 0 Å². The highest BCUT2D eigenvalue weighted by molar-refractivity contribution is 7.14. The molecule has 4 rings (SSSR count). The zero-order chi connectivity index (χ0) is 23.5. The number of nitrogens with zero attached hydrogens (tertiary/aromatic N) is 2. The average Bonchev–Trinajstić information content (AvgIpc) is 3.28. The summed E-state index contributed by atoms with van der Waals surface area (Å²) in [5.41, 5.74) is 2.20. The highest BCUT2D eigenvalue weighted by Gasteiger charge is 2.44. The number of thiazole rings is 1. The Morgan fingerprint density at radius 2 is 1.97 bits per heavy atom. The van der Waals surface area contributed by atoms with E-state index in [1.807, 2.05) is 43.3 Å². The van der Waals surface area contributed by atoms with E-state index in [2.05, 4.69) is 11.6 Å². The summed E-state index contributed by atoms with van der Waals surface area (Å²) < 4.78 is 5.67. The lowest BCUT2D eigenvalue weighted by atomic mass is 9.94. The molecule has 1 aromatic heterocycles. The molecule has 33 heavy (non-hydrogen) atoms. The van der Waals surface area contributed by atoms with Gasteiger partial charge < -0.3 is 14.7 Å². The van der Waals surface area contributed by atoms with Gasteiger partial charge in [-0.15, -0.1) is 11.3 Å². The fourth-order valence-corrected chi connectivity index (χ4v) is 4.84. The third-order valence-corrected chi connectivity index (χ3v) is 6.47. The maximum atomic E-state index is 13.6. The summed E-state index contributed by atoms with van der Waals surface area (Å²) in [7, 11) is 0. The number of ether oxygens (including phenoxy) is 1. The van der Waals surface area contributed by atoms with E-state index >= 15 is 0 Å². The molecule has 0 aliphatic carbocycles. The first-order chi connectivity index (χ1) is 15.9. The summed E-state index contributed by atoms with van der Waals surface area (Å²) in [6, 6.07) is 15.9. The molecule has 0 saturated carbocycles.